The SMILES string of the molecule is C=C(OC1CCN(C)CC1)c1ccc(N2CCC(c3ccccc3)CC2)cc1. The number of rotatable bonds is 5. The van der Waals surface area contributed by atoms with Crippen LogP contribution in [0, 0.1) is 0 Å². The van der Waals surface area contributed by atoms with E-state index in [2.05, 4.69) is 78.0 Å². The molecule has 2 aromatic rings. The lowest BCUT2D eigenvalue weighted by Crippen LogP contribution is -2.34. The first-order valence-electron chi connectivity index (χ1n) is 10.6. The van der Waals surface area contributed by atoms with Crippen LogP contribution in [0.5, 0.6) is 0 Å². The molecule has 0 N–H and O–H groups in total. The normalized spacial score (nSPS) is 19.5. The number of benzene rings is 2. The van der Waals surface area contributed by atoms with Gasteiger partial charge < -0.3 is 14.5 Å². The number of piperidine rings is 2. The molecular formula is C25H32N2O. The van der Waals surface area contributed by atoms with Crippen molar-refractivity contribution >= 4 is 11.4 Å². The minimum absolute atomic E-state index is 0.306. The zero-order valence-corrected chi connectivity index (χ0v) is 17.0. The van der Waals surface area contributed by atoms with Crippen LogP contribution in [-0.2, 0) is 4.74 Å². The Hall–Kier alpha value is -2.26. The van der Waals surface area contributed by atoms with Crippen LogP contribution in [0.15, 0.2) is 61.2 Å². The van der Waals surface area contributed by atoms with Crippen LogP contribution in [0.1, 0.15) is 42.7 Å². The van der Waals surface area contributed by atoms with Crippen LogP contribution in [0.3, 0.4) is 0 Å². The highest BCUT2D eigenvalue weighted by molar-refractivity contribution is 5.61. The van der Waals surface area contributed by atoms with E-state index < -0.39 is 0 Å². The summed E-state index contributed by atoms with van der Waals surface area (Å²) in [5.74, 6) is 1.50. The third-order valence-electron chi connectivity index (χ3n) is 6.29. The largest absolute Gasteiger partial charge is 0.490 e. The Morgan fingerprint density at radius 3 is 2.14 bits per heavy atom. The summed E-state index contributed by atoms with van der Waals surface area (Å²) in [6.45, 7) is 8.62. The number of hydrogen-bond acceptors (Lipinski definition) is 3. The number of anilines is 1. The van der Waals surface area contributed by atoms with E-state index in [0.29, 0.717) is 12.0 Å². The fraction of sp³-hybridized carbons (Fsp3) is 0.440. The van der Waals surface area contributed by atoms with Gasteiger partial charge in [0.2, 0.25) is 0 Å². The van der Waals surface area contributed by atoms with Gasteiger partial charge in [-0.1, -0.05) is 36.9 Å². The van der Waals surface area contributed by atoms with Gasteiger partial charge >= 0.3 is 0 Å². The molecule has 3 heteroatoms. The Labute approximate surface area is 169 Å². The van der Waals surface area contributed by atoms with Crippen molar-refractivity contribution in [2.45, 2.75) is 37.7 Å². The maximum atomic E-state index is 6.14. The predicted molar refractivity (Wildman–Crippen MR) is 118 cm³/mol. The van der Waals surface area contributed by atoms with Gasteiger partial charge in [-0.3, -0.25) is 0 Å². The van der Waals surface area contributed by atoms with E-state index >= 15 is 0 Å². The van der Waals surface area contributed by atoms with Crippen LogP contribution in [0.2, 0.25) is 0 Å². The number of likely N-dealkylation sites (tertiary alicyclic amines) is 1. The second-order valence-corrected chi connectivity index (χ2v) is 8.26. The molecule has 0 atom stereocenters. The van der Waals surface area contributed by atoms with Gasteiger partial charge in [0, 0.05) is 37.4 Å². The summed E-state index contributed by atoms with van der Waals surface area (Å²) in [5.41, 5.74) is 3.89. The molecule has 0 spiro atoms. The first kappa shape index (κ1) is 19.1. The number of nitrogens with zero attached hydrogens (tertiary/aromatic N) is 2. The van der Waals surface area contributed by atoms with Crippen LogP contribution in [0.25, 0.3) is 5.76 Å². The van der Waals surface area contributed by atoms with Crippen LogP contribution < -0.4 is 4.90 Å². The molecule has 0 saturated carbocycles. The summed E-state index contributed by atoms with van der Waals surface area (Å²) in [7, 11) is 2.17. The van der Waals surface area contributed by atoms with E-state index in [0.717, 1.165) is 50.3 Å². The van der Waals surface area contributed by atoms with Crippen LogP contribution in [0.4, 0.5) is 5.69 Å². The van der Waals surface area contributed by atoms with Gasteiger partial charge in [-0.2, -0.15) is 0 Å². The molecule has 0 aliphatic carbocycles. The molecule has 2 fully saturated rings. The third kappa shape index (κ3) is 4.59. The predicted octanol–water partition coefficient (Wildman–Crippen LogP) is 5.15. The summed E-state index contributed by atoms with van der Waals surface area (Å²) in [4.78, 5) is 4.86. The van der Waals surface area contributed by atoms with E-state index in [-0.39, 0.29) is 0 Å². The number of ether oxygens (including phenoxy) is 1. The van der Waals surface area contributed by atoms with Crippen molar-refractivity contribution in [2.24, 2.45) is 0 Å². The lowest BCUT2D eigenvalue weighted by molar-refractivity contribution is 0.0918. The Bertz CT molecular complexity index is 755. The van der Waals surface area contributed by atoms with E-state index in [1.807, 2.05) is 0 Å². The van der Waals surface area contributed by atoms with Crippen molar-refractivity contribution in [3.63, 3.8) is 0 Å². The first-order valence-corrected chi connectivity index (χ1v) is 10.6. The van der Waals surface area contributed by atoms with E-state index in [4.69, 9.17) is 4.74 Å². The minimum atomic E-state index is 0.306. The van der Waals surface area contributed by atoms with Gasteiger partial charge in [-0.15, -0.1) is 0 Å². The Morgan fingerprint density at radius 1 is 0.857 bits per heavy atom. The zero-order valence-electron chi connectivity index (χ0n) is 17.0. The average molecular weight is 377 g/mol. The maximum Gasteiger partial charge on any atom is 0.119 e. The van der Waals surface area contributed by atoms with Gasteiger partial charge in [-0.05, 0) is 68.5 Å². The summed E-state index contributed by atoms with van der Waals surface area (Å²) in [6, 6.07) is 19.7. The average Bonchev–Trinajstić information content (AvgIpc) is 2.76. The molecule has 0 unspecified atom stereocenters. The van der Waals surface area contributed by atoms with E-state index in [1.54, 1.807) is 0 Å². The fourth-order valence-electron chi connectivity index (χ4n) is 4.43. The molecule has 4 rings (SSSR count). The molecule has 148 valence electrons. The monoisotopic (exact) mass is 376 g/mol. The maximum absolute atomic E-state index is 6.14. The van der Waals surface area contributed by atoms with Gasteiger partial charge in [0.05, 0.1) is 0 Å². The first-order chi connectivity index (χ1) is 13.7. The standard InChI is InChI=1S/C25H32N2O/c1-20(28-25-14-16-26(2)17-15-25)21-8-10-24(11-9-21)27-18-12-23(13-19-27)22-6-4-3-5-7-22/h3-11,23,25H,1,12-19H2,2H3. The molecular weight excluding hydrogens is 344 g/mol. The van der Waals surface area contributed by atoms with Crippen molar-refractivity contribution in [3.05, 3.63) is 72.3 Å². The highest BCUT2D eigenvalue weighted by Gasteiger charge is 2.21. The van der Waals surface area contributed by atoms with Gasteiger partial charge in [0.1, 0.15) is 11.9 Å². The Morgan fingerprint density at radius 2 is 1.50 bits per heavy atom. The smallest absolute Gasteiger partial charge is 0.119 e. The highest BCUT2D eigenvalue weighted by atomic mass is 16.5. The van der Waals surface area contributed by atoms with E-state index in [1.165, 1.54) is 24.1 Å². The molecule has 0 amide bonds. The Kier molecular flexibility index (Phi) is 6.01. The number of hydrogen-bond donors (Lipinski definition) is 0. The molecule has 28 heavy (non-hydrogen) atoms. The molecule has 0 bridgehead atoms. The summed E-state index contributed by atoms with van der Waals surface area (Å²) in [6.07, 6.45) is 4.92. The van der Waals surface area contributed by atoms with Gasteiger partial charge in [-0.25, -0.2) is 0 Å². The highest BCUT2D eigenvalue weighted by Crippen LogP contribution is 2.31. The molecule has 2 aliphatic rings. The topological polar surface area (TPSA) is 15.7 Å². The molecule has 2 aromatic carbocycles. The summed E-state index contributed by atoms with van der Waals surface area (Å²) >= 11 is 0. The molecule has 2 aliphatic heterocycles. The van der Waals surface area contributed by atoms with Crippen LogP contribution in [-0.4, -0.2) is 44.2 Å². The molecule has 2 saturated heterocycles. The second-order valence-electron chi connectivity index (χ2n) is 8.26. The van der Waals surface area contributed by atoms with Crippen molar-refractivity contribution < 1.29 is 4.74 Å². The zero-order chi connectivity index (χ0) is 19.3. The lowest BCUT2D eigenvalue weighted by atomic mass is 9.89. The van der Waals surface area contributed by atoms with Crippen molar-refractivity contribution in [1.29, 1.82) is 0 Å². The molecule has 2 heterocycles. The van der Waals surface area contributed by atoms with Gasteiger partial charge in [0.15, 0.2) is 0 Å². The van der Waals surface area contributed by atoms with Crippen LogP contribution >= 0.6 is 0 Å². The van der Waals surface area contributed by atoms with Crippen molar-refractivity contribution in [2.75, 3.05) is 38.1 Å². The van der Waals surface area contributed by atoms with Crippen molar-refractivity contribution in [1.82, 2.24) is 4.90 Å². The third-order valence-corrected chi connectivity index (χ3v) is 6.29. The fourth-order valence-corrected chi connectivity index (χ4v) is 4.43. The van der Waals surface area contributed by atoms with Crippen molar-refractivity contribution in [3.8, 4) is 0 Å². The summed E-state index contributed by atoms with van der Waals surface area (Å²) < 4.78 is 6.14. The molecule has 0 radical (unpaired) electrons. The quantitative estimate of drug-likeness (QED) is 0.671. The summed E-state index contributed by atoms with van der Waals surface area (Å²) in [5, 5.41) is 0. The van der Waals surface area contributed by atoms with E-state index in [9.17, 15) is 0 Å². The minimum Gasteiger partial charge on any atom is -0.490 e. The Balaban J connectivity index is 1.30. The lowest BCUT2D eigenvalue weighted by Gasteiger charge is -2.34. The molecule has 0 aromatic heterocycles. The van der Waals surface area contributed by atoms with Gasteiger partial charge in [0.25, 0.3) is 0 Å². The molecule has 3 nitrogen and oxygen atoms in total. The second kappa shape index (κ2) is 8.83.